The number of benzene rings is 2. The second-order valence-electron chi connectivity index (χ2n) is 9.84. The molecule has 3 atom stereocenters. The molecule has 0 aliphatic carbocycles. The fraction of sp³-hybridized carbons (Fsp3) is 0.481. The first-order valence-electron chi connectivity index (χ1n) is 13.0. The summed E-state index contributed by atoms with van der Waals surface area (Å²) in [6.45, 7) is 1.74. The standard InChI is InChI=1S/C27H30F6N4O4/c1-16(18-12-19(14-20(13-18)27(31,32)33)26(29,30)8-2-3-10-38)41-24-23(17-4-6-21(28)7-5-17)37(9-11-40-24)15-22-34-25(39)36-35-22/h4-7,12-14,16,23-24,38H,2-3,8-11,15H2,1H3,(H2,34,35,36,39)/t16-,23+,24-/m1/s1. The maximum atomic E-state index is 14.9. The number of rotatable bonds is 11. The Bertz CT molecular complexity index is 1340. The van der Waals surface area contributed by atoms with E-state index in [4.69, 9.17) is 14.6 Å². The second-order valence-corrected chi connectivity index (χ2v) is 9.84. The number of alkyl halides is 5. The van der Waals surface area contributed by atoms with Gasteiger partial charge in [-0.05, 0) is 61.2 Å². The van der Waals surface area contributed by atoms with Crippen molar-refractivity contribution in [3.05, 3.63) is 86.8 Å². The van der Waals surface area contributed by atoms with Gasteiger partial charge in [0.25, 0.3) is 5.92 Å². The first-order chi connectivity index (χ1) is 19.4. The Kier molecular flexibility index (Phi) is 9.57. The molecule has 0 spiro atoms. The fourth-order valence-electron chi connectivity index (χ4n) is 4.72. The molecule has 1 aliphatic heterocycles. The molecule has 1 aromatic heterocycles. The quantitative estimate of drug-likeness (QED) is 0.211. The maximum Gasteiger partial charge on any atom is 0.416 e. The highest BCUT2D eigenvalue weighted by Gasteiger charge is 2.39. The topological polar surface area (TPSA) is 103 Å². The van der Waals surface area contributed by atoms with Gasteiger partial charge in [0.05, 0.1) is 30.9 Å². The molecule has 8 nitrogen and oxygen atoms in total. The van der Waals surface area contributed by atoms with E-state index in [0.717, 1.165) is 12.1 Å². The highest BCUT2D eigenvalue weighted by atomic mass is 19.4. The number of nitrogens with one attached hydrogen (secondary N) is 2. The van der Waals surface area contributed by atoms with E-state index in [0.29, 0.717) is 24.0 Å². The van der Waals surface area contributed by atoms with Gasteiger partial charge in [-0.3, -0.25) is 9.88 Å². The molecule has 0 bridgehead atoms. The molecule has 2 heterocycles. The van der Waals surface area contributed by atoms with Gasteiger partial charge < -0.3 is 14.6 Å². The summed E-state index contributed by atoms with van der Waals surface area (Å²) >= 11 is 0. The molecule has 14 heteroatoms. The van der Waals surface area contributed by atoms with Crippen LogP contribution in [0.25, 0.3) is 0 Å². The van der Waals surface area contributed by atoms with E-state index >= 15 is 0 Å². The Balaban J connectivity index is 1.65. The molecule has 41 heavy (non-hydrogen) atoms. The molecule has 4 rings (SSSR count). The highest BCUT2D eigenvalue weighted by molar-refractivity contribution is 5.35. The summed E-state index contributed by atoms with van der Waals surface area (Å²) in [6, 6.07) is 6.95. The number of hydrogen-bond donors (Lipinski definition) is 3. The zero-order chi connectivity index (χ0) is 29.8. The minimum Gasteiger partial charge on any atom is -0.396 e. The van der Waals surface area contributed by atoms with E-state index < -0.39 is 59.6 Å². The van der Waals surface area contributed by atoms with Crippen molar-refractivity contribution < 1.29 is 40.9 Å². The Hall–Kier alpha value is -3.20. The zero-order valence-corrected chi connectivity index (χ0v) is 22.1. The van der Waals surface area contributed by atoms with Crippen LogP contribution < -0.4 is 5.69 Å². The number of ether oxygens (including phenoxy) is 2. The Morgan fingerprint density at radius 3 is 2.46 bits per heavy atom. The molecule has 1 aliphatic rings. The number of H-pyrrole nitrogens is 2. The lowest BCUT2D eigenvalue weighted by Gasteiger charge is -2.41. The Morgan fingerprint density at radius 1 is 1.12 bits per heavy atom. The van der Waals surface area contributed by atoms with Gasteiger partial charge >= 0.3 is 11.9 Å². The van der Waals surface area contributed by atoms with Crippen LogP contribution in [-0.2, 0) is 28.1 Å². The number of aliphatic hydroxyl groups excluding tert-OH is 1. The summed E-state index contributed by atoms with van der Waals surface area (Å²) in [4.78, 5) is 15.9. The normalized spacial score (nSPS) is 19.4. The molecule has 3 aromatic rings. The van der Waals surface area contributed by atoms with E-state index in [1.807, 2.05) is 4.90 Å². The van der Waals surface area contributed by atoms with Crippen LogP contribution in [0.4, 0.5) is 26.3 Å². The van der Waals surface area contributed by atoms with Gasteiger partial charge in [-0.1, -0.05) is 12.1 Å². The molecule has 0 saturated carbocycles. The van der Waals surface area contributed by atoms with Crippen molar-refractivity contribution in [2.45, 2.75) is 63.3 Å². The number of aromatic nitrogens is 3. The molecular weight excluding hydrogens is 558 g/mol. The van der Waals surface area contributed by atoms with Crippen LogP contribution in [0.1, 0.15) is 66.4 Å². The maximum absolute atomic E-state index is 14.9. The van der Waals surface area contributed by atoms with Crippen molar-refractivity contribution in [3.8, 4) is 0 Å². The van der Waals surface area contributed by atoms with Gasteiger partial charge in [-0.15, -0.1) is 0 Å². The summed E-state index contributed by atoms with van der Waals surface area (Å²) < 4.78 is 96.7. The summed E-state index contributed by atoms with van der Waals surface area (Å²) in [5.41, 5.74) is -2.14. The van der Waals surface area contributed by atoms with Crippen LogP contribution in [0, 0.1) is 5.82 Å². The third-order valence-corrected chi connectivity index (χ3v) is 6.84. The lowest BCUT2D eigenvalue weighted by Crippen LogP contribution is -2.46. The lowest BCUT2D eigenvalue weighted by molar-refractivity contribution is -0.231. The minimum atomic E-state index is -4.89. The number of aliphatic hydroxyl groups is 1. The summed E-state index contributed by atoms with van der Waals surface area (Å²) in [6.07, 6.45) is -7.83. The number of morpholine rings is 1. The van der Waals surface area contributed by atoms with Gasteiger partial charge in [0.1, 0.15) is 11.6 Å². The van der Waals surface area contributed by atoms with E-state index in [-0.39, 0.29) is 38.2 Å². The van der Waals surface area contributed by atoms with Gasteiger partial charge in [0.2, 0.25) is 0 Å². The first kappa shape index (κ1) is 30.8. The van der Waals surface area contributed by atoms with Gasteiger partial charge in [0, 0.05) is 25.1 Å². The molecule has 3 N–H and O–H groups in total. The van der Waals surface area contributed by atoms with E-state index in [9.17, 15) is 31.1 Å². The summed E-state index contributed by atoms with van der Waals surface area (Å²) in [7, 11) is 0. The van der Waals surface area contributed by atoms with E-state index in [1.165, 1.54) is 31.2 Å². The molecule has 1 saturated heterocycles. The van der Waals surface area contributed by atoms with Crippen molar-refractivity contribution in [2.24, 2.45) is 0 Å². The van der Waals surface area contributed by atoms with Gasteiger partial charge in [-0.2, -0.15) is 18.3 Å². The number of halogens is 6. The highest BCUT2D eigenvalue weighted by Crippen LogP contribution is 2.41. The largest absolute Gasteiger partial charge is 0.416 e. The van der Waals surface area contributed by atoms with E-state index in [2.05, 4.69) is 15.2 Å². The lowest BCUT2D eigenvalue weighted by atomic mass is 9.95. The second kappa shape index (κ2) is 12.8. The number of hydrogen-bond acceptors (Lipinski definition) is 6. The molecule has 0 amide bonds. The first-order valence-corrected chi connectivity index (χ1v) is 13.0. The summed E-state index contributed by atoms with van der Waals surface area (Å²) in [5, 5.41) is 15.1. The molecule has 224 valence electrons. The molecular formula is C27H30F6N4O4. The Labute approximate surface area is 231 Å². The average Bonchev–Trinajstić information content (AvgIpc) is 3.33. The summed E-state index contributed by atoms with van der Waals surface area (Å²) in [5.74, 6) is -3.75. The minimum absolute atomic E-state index is 0.0759. The molecule has 0 radical (unpaired) electrons. The van der Waals surface area contributed by atoms with E-state index in [1.54, 1.807) is 0 Å². The van der Waals surface area contributed by atoms with Crippen molar-refractivity contribution >= 4 is 0 Å². The number of nitrogens with zero attached hydrogens (tertiary/aromatic N) is 2. The average molecular weight is 589 g/mol. The van der Waals surface area contributed by atoms with Crippen LogP contribution in [0.3, 0.4) is 0 Å². The monoisotopic (exact) mass is 588 g/mol. The van der Waals surface area contributed by atoms with Crippen molar-refractivity contribution in [3.63, 3.8) is 0 Å². The fourth-order valence-corrected chi connectivity index (χ4v) is 4.72. The van der Waals surface area contributed by atoms with Crippen LogP contribution in [0.5, 0.6) is 0 Å². The van der Waals surface area contributed by atoms with Crippen LogP contribution in [0.15, 0.2) is 47.3 Å². The molecule has 1 fully saturated rings. The smallest absolute Gasteiger partial charge is 0.396 e. The van der Waals surface area contributed by atoms with Crippen LogP contribution in [0.2, 0.25) is 0 Å². The Morgan fingerprint density at radius 2 is 1.83 bits per heavy atom. The zero-order valence-electron chi connectivity index (χ0n) is 22.1. The third-order valence-electron chi connectivity index (χ3n) is 6.84. The van der Waals surface area contributed by atoms with Crippen LogP contribution >= 0.6 is 0 Å². The van der Waals surface area contributed by atoms with Crippen molar-refractivity contribution in [2.75, 3.05) is 19.8 Å². The van der Waals surface area contributed by atoms with Crippen LogP contribution in [-0.4, -0.2) is 51.2 Å². The third kappa shape index (κ3) is 7.76. The van der Waals surface area contributed by atoms with Crippen molar-refractivity contribution in [1.82, 2.24) is 20.1 Å². The predicted molar refractivity (Wildman–Crippen MR) is 134 cm³/mol. The van der Waals surface area contributed by atoms with Crippen molar-refractivity contribution in [1.29, 1.82) is 0 Å². The SMILES string of the molecule is C[C@@H](O[C@H]1OCCN(Cc2n[nH]c(=O)[nH]2)[C@H]1c1ccc(F)cc1)c1cc(C(F)(F)F)cc(C(F)(F)CCCCO)c1. The molecule has 0 unspecified atom stereocenters. The van der Waals surface area contributed by atoms with Gasteiger partial charge in [0.15, 0.2) is 6.29 Å². The predicted octanol–water partition coefficient (Wildman–Crippen LogP) is 5.19. The van der Waals surface area contributed by atoms with Gasteiger partial charge in [-0.25, -0.2) is 23.1 Å². The number of unbranched alkanes of at least 4 members (excludes halogenated alkanes) is 1. The number of aromatic amines is 2. The molecule has 2 aromatic carbocycles.